The van der Waals surface area contributed by atoms with Gasteiger partial charge < -0.3 is 0 Å². The first kappa shape index (κ1) is 15.3. The molecule has 7 heteroatoms. The number of nitrogens with one attached hydrogen (secondary N) is 2. The van der Waals surface area contributed by atoms with E-state index in [0.29, 0.717) is 10.5 Å². The maximum absolute atomic E-state index is 12.6. The summed E-state index contributed by atoms with van der Waals surface area (Å²) >= 11 is 0. The first-order chi connectivity index (χ1) is 10.3. The van der Waals surface area contributed by atoms with Gasteiger partial charge in [-0.2, -0.15) is 0 Å². The zero-order chi connectivity index (χ0) is 16.5. The Morgan fingerprint density at radius 1 is 1.18 bits per heavy atom. The monoisotopic (exact) mass is 299 g/mol. The molecule has 0 aromatic heterocycles. The van der Waals surface area contributed by atoms with E-state index in [1.165, 1.54) is 13.0 Å². The Balaban J connectivity index is 2.48. The lowest BCUT2D eigenvalue weighted by Gasteiger charge is -2.36. The van der Waals surface area contributed by atoms with Gasteiger partial charge in [0.05, 0.1) is 0 Å². The summed E-state index contributed by atoms with van der Waals surface area (Å²) in [6.45, 7) is 2.88. The minimum Gasteiger partial charge on any atom is -0.275 e. The molecule has 1 aromatic carbocycles. The van der Waals surface area contributed by atoms with Crippen LogP contribution in [-0.2, 0) is 9.59 Å². The van der Waals surface area contributed by atoms with Crippen molar-refractivity contribution in [2.24, 2.45) is 0 Å². The van der Waals surface area contributed by atoms with Gasteiger partial charge in [0.15, 0.2) is 0 Å². The number of rotatable bonds is 2. The predicted octanol–water partition coefficient (Wildman–Crippen LogP) is 0.153. The second-order valence-electron chi connectivity index (χ2n) is 4.89. The molecule has 0 atom stereocenters. The van der Waals surface area contributed by atoms with Gasteiger partial charge in [-0.05, 0) is 25.5 Å². The highest BCUT2D eigenvalue weighted by atomic mass is 16.2. The van der Waals surface area contributed by atoms with Gasteiger partial charge in [0.25, 0.3) is 17.7 Å². The molecule has 7 nitrogen and oxygen atoms in total. The van der Waals surface area contributed by atoms with Gasteiger partial charge in [0.2, 0.25) is 5.54 Å². The molecule has 0 aliphatic carbocycles. The molecular weight excluding hydrogens is 286 g/mol. The molecule has 1 aromatic rings. The van der Waals surface area contributed by atoms with Crippen LogP contribution >= 0.6 is 0 Å². The van der Waals surface area contributed by atoms with Crippen molar-refractivity contribution >= 4 is 23.8 Å². The summed E-state index contributed by atoms with van der Waals surface area (Å²) < 4.78 is 0. The molecule has 5 amide bonds. The van der Waals surface area contributed by atoms with E-state index >= 15 is 0 Å². The van der Waals surface area contributed by atoms with E-state index in [-0.39, 0.29) is 5.56 Å². The molecule has 0 saturated carbocycles. The largest absolute Gasteiger partial charge is 0.328 e. The van der Waals surface area contributed by atoms with Gasteiger partial charge in [0.1, 0.15) is 0 Å². The Bertz CT molecular complexity index is 713. The maximum Gasteiger partial charge on any atom is 0.328 e. The zero-order valence-electron chi connectivity index (χ0n) is 12.0. The molecule has 1 heterocycles. The highest BCUT2D eigenvalue weighted by molar-refractivity contribution is 6.24. The number of nitrogens with zero attached hydrogens (tertiary/aromatic N) is 1. The molecule has 0 radical (unpaired) electrons. The Hall–Kier alpha value is -3.14. The summed E-state index contributed by atoms with van der Waals surface area (Å²) in [6, 6.07) is 7.74. The molecule has 22 heavy (non-hydrogen) atoms. The fraction of sp³-hybridized carbons (Fsp3) is 0.200. The van der Waals surface area contributed by atoms with Crippen molar-refractivity contribution in [1.82, 2.24) is 15.5 Å². The quantitative estimate of drug-likeness (QED) is 0.462. The summed E-state index contributed by atoms with van der Waals surface area (Å²) in [7, 11) is 0. The van der Waals surface area contributed by atoms with Crippen molar-refractivity contribution in [3.8, 4) is 12.5 Å². The number of amides is 5. The summed E-state index contributed by atoms with van der Waals surface area (Å²) in [5.74, 6) is -2.59. The summed E-state index contributed by atoms with van der Waals surface area (Å²) in [5.41, 5.74) is -1.11. The second-order valence-corrected chi connectivity index (χ2v) is 4.89. The first-order valence-corrected chi connectivity index (χ1v) is 6.35. The molecule has 1 fully saturated rings. The average molecular weight is 299 g/mol. The minimum atomic E-state index is -2.01. The van der Waals surface area contributed by atoms with Crippen LogP contribution in [-0.4, -0.2) is 34.2 Å². The smallest absolute Gasteiger partial charge is 0.275 e. The number of terminal acetylenes is 1. The molecule has 2 N–H and O–H groups in total. The Kier molecular flexibility index (Phi) is 3.70. The highest BCUT2D eigenvalue weighted by Crippen LogP contribution is 2.22. The van der Waals surface area contributed by atoms with Crippen molar-refractivity contribution in [3.63, 3.8) is 0 Å². The summed E-state index contributed by atoms with van der Waals surface area (Å²) in [5, 5.41) is 3.87. The van der Waals surface area contributed by atoms with Crippen LogP contribution in [0.5, 0.6) is 0 Å². The third-order valence-electron chi connectivity index (χ3n) is 3.49. The predicted molar refractivity (Wildman–Crippen MR) is 76.3 cm³/mol. The van der Waals surface area contributed by atoms with E-state index in [2.05, 4.69) is 6.04 Å². The van der Waals surface area contributed by atoms with Crippen molar-refractivity contribution in [3.05, 3.63) is 35.4 Å². The SMILES string of the molecule is C#CN(C(=O)c1ccccc1C)C1(C)C(=O)NC(=O)NC1=O. The van der Waals surface area contributed by atoms with Crippen molar-refractivity contribution < 1.29 is 19.2 Å². The third-order valence-corrected chi connectivity index (χ3v) is 3.49. The lowest BCUT2D eigenvalue weighted by atomic mass is 9.94. The molecule has 112 valence electrons. The van der Waals surface area contributed by atoms with Crippen LogP contribution < -0.4 is 10.6 Å². The normalized spacial score (nSPS) is 16.3. The number of carbonyl (C=O) groups excluding carboxylic acids is 4. The minimum absolute atomic E-state index is 0.263. The molecule has 2 rings (SSSR count). The number of hydrogen-bond acceptors (Lipinski definition) is 4. The van der Waals surface area contributed by atoms with E-state index in [0.717, 1.165) is 0 Å². The Morgan fingerprint density at radius 3 is 2.23 bits per heavy atom. The lowest BCUT2D eigenvalue weighted by Crippen LogP contribution is -2.71. The standard InChI is InChI=1S/C15H13N3O4/c1-4-18(11(19)10-8-6-5-7-9(10)2)15(3)12(20)16-14(22)17-13(15)21/h1,5-8H,2-3H3,(H2,16,17,20,21,22). The number of carbonyl (C=O) groups is 4. The summed E-state index contributed by atoms with van der Waals surface area (Å²) in [4.78, 5) is 48.6. The van der Waals surface area contributed by atoms with Gasteiger partial charge in [0, 0.05) is 11.6 Å². The summed E-state index contributed by atoms with van der Waals surface area (Å²) in [6.07, 6.45) is 5.35. The second kappa shape index (κ2) is 5.33. The lowest BCUT2D eigenvalue weighted by molar-refractivity contribution is -0.142. The van der Waals surface area contributed by atoms with Gasteiger partial charge in [-0.25, -0.2) is 9.69 Å². The number of hydrogen-bond donors (Lipinski definition) is 2. The van der Waals surface area contributed by atoms with E-state index in [4.69, 9.17) is 6.42 Å². The maximum atomic E-state index is 12.6. The van der Waals surface area contributed by atoms with Crippen molar-refractivity contribution in [1.29, 1.82) is 0 Å². The van der Waals surface area contributed by atoms with Crippen LogP contribution in [0.1, 0.15) is 22.8 Å². The number of aryl methyl sites for hydroxylation is 1. The fourth-order valence-electron chi connectivity index (χ4n) is 2.11. The molecule has 1 aliphatic rings. The molecule has 0 bridgehead atoms. The molecule has 0 unspecified atom stereocenters. The van der Waals surface area contributed by atoms with Crippen LogP contribution in [0.15, 0.2) is 24.3 Å². The number of benzene rings is 1. The Morgan fingerprint density at radius 2 is 1.73 bits per heavy atom. The molecular formula is C15H13N3O4. The van der Waals surface area contributed by atoms with Gasteiger partial charge in [-0.3, -0.25) is 25.0 Å². The molecule has 1 saturated heterocycles. The van der Waals surface area contributed by atoms with E-state index in [1.54, 1.807) is 25.1 Å². The fourth-order valence-corrected chi connectivity index (χ4v) is 2.11. The van der Waals surface area contributed by atoms with Gasteiger partial charge in [-0.15, -0.1) is 0 Å². The van der Waals surface area contributed by atoms with Crippen LogP contribution in [0.3, 0.4) is 0 Å². The van der Waals surface area contributed by atoms with Crippen LogP contribution in [0.2, 0.25) is 0 Å². The molecule has 1 aliphatic heterocycles. The number of barbiturate groups is 1. The topological polar surface area (TPSA) is 95.6 Å². The zero-order valence-corrected chi connectivity index (χ0v) is 12.0. The van der Waals surface area contributed by atoms with E-state index < -0.39 is 29.3 Å². The number of urea groups is 1. The van der Waals surface area contributed by atoms with Gasteiger partial charge in [-0.1, -0.05) is 24.6 Å². The Labute approximate surface area is 126 Å². The molecule has 0 spiro atoms. The number of imide groups is 2. The van der Waals surface area contributed by atoms with Crippen LogP contribution in [0, 0.1) is 19.4 Å². The van der Waals surface area contributed by atoms with Crippen LogP contribution in [0.4, 0.5) is 4.79 Å². The van der Waals surface area contributed by atoms with E-state index in [1.807, 2.05) is 10.6 Å². The van der Waals surface area contributed by atoms with E-state index in [9.17, 15) is 19.2 Å². The van der Waals surface area contributed by atoms with Gasteiger partial charge >= 0.3 is 6.03 Å². The highest BCUT2D eigenvalue weighted by Gasteiger charge is 2.53. The van der Waals surface area contributed by atoms with Crippen LogP contribution in [0.25, 0.3) is 0 Å². The average Bonchev–Trinajstić information content (AvgIpc) is 2.46. The van der Waals surface area contributed by atoms with Crippen molar-refractivity contribution in [2.75, 3.05) is 0 Å². The third kappa shape index (κ3) is 2.20. The van der Waals surface area contributed by atoms with Crippen molar-refractivity contribution in [2.45, 2.75) is 19.4 Å². The first-order valence-electron chi connectivity index (χ1n) is 6.35.